The Kier molecular flexibility index (Phi) is 4.26. The number of thiazole rings is 1. The first kappa shape index (κ1) is 16.5. The van der Waals surface area contributed by atoms with Crippen LogP contribution in [-0.2, 0) is 6.42 Å². The fourth-order valence-electron chi connectivity index (χ4n) is 2.80. The number of aromatic amines is 1. The Hall–Kier alpha value is -3.00. The fraction of sp³-hybridized carbons (Fsp3) is 0.167. The topological polar surface area (TPSA) is 96.7 Å². The maximum atomic E-state index is 13.2. The minimum Gasteiger partial charge on any atom is -0.375 e. The lowest BCUT2D eigenvalue weighted by molar-refractivity contribution is 0.0953. The van der Waals surface area contributed by atoms with E-state index in [9.17, 15) is 9.18 Å². The molecule has 4 rings (SSSR count). The van der Waals surface area contributed by atoms with E-state index in [1.807, 2.05) is 6.07 Å². The number of aromatic nitrogens is 3. The van der Waals surface area contributed by atoms with Gasteiger partial charge in [-0.15, -0.1) is 0 Å². The molecule has 4 aromatic rings. The Labute approximate surface area is 152 Å². The van der Waals surface area contributed by atoms with Crippen LogP contribution in [0.2, 0.25) is 0 Å². The van der Waals surface area contributed by atoms with Crippen molar-refractivity contribution in [2.24, 2.45) is 0 Å². The molecule has 2 heterocycles. The standard InChI is InChI=1S/C18H16FN5OS/c19-11-4-5-12-13(9-11)23-16(22-12)2-1-7-21-17(25)10-3-6-15-14(8-10)24-18(20)26-15/h3-6,8-9H,1-2,7H2,(H2,20,24)(H,21,25)(H,22,23). The molecule has 2 aromatic heterocycles. The average molecular weight is 369 g/mol. The highest BCUT2D eigenvalue weighted by atomic mass is 32.1. The molecule has 2 aromatic carbocycles. The normalized spacial score (nSPS) is 11.3. The Morgan fingerprint density at radius 2 is 2.08 bits per heavy atom. The number of aryl methyl sites for hydroxylation is 1. The van der Waals surface area contributed by atoms with Gasteiger partial charge in [0, 0.05) is 18.5 Å². The highest BCUT2D eigenvalue weighted by Crippen LogP contribution is 2.24. The summed E-state index contributed by atoms with van der Waals surface area (Å²) in [7, 11) is 0. The summed E-state index contributed by atoms with van der Waals surface area (Å²) < 4.78 is 14.2. The van der Waals surface area contributed by atoms with Gasteiger partial charge in [-0.1, -0.05) is 11.3 Å². The quantitative estimate of drug-likeness (QED) is 0.471. The smallest absolute Gasteiger partial charge is 0.251 e. The second-order valence-corrected chi connectivity index (χ2v) is 7.00. The second kappa shape index (κ2) is 6.72. The molecule has 0 bridgehead atoms. The molecule has 132 valence electrons. The van der Waals surface area contributed by atoms with Crippen LogP contribution in [0.4, 0.5) is 9.52 Å². The van der Waals surface area contributed by atoms with E-state index >= 15 is 0 Å². The SMILES string of the molecule is Nc1nc2cc(C(=O)NCCCc3nc4ccc(F)cc4[nH]3)ccc2s1. The summed E-state index contributed by atoms with van der Waals surface area (Å²) >= 11 is 1.40. The van der Waals surface area contributed by atoms with Gasteiger partial charge >= 0.3 is 0 Å². The maximum absolute atomic E-state index is 13.2. The van der Waals surface area contributed by atoms with Crippen LogP contribution in [0, 0.1) is 5.82 Å². The molecule has 0 atom stereocenters. The third kappa shape index (κ3) is 3.36. The van der Waals surface area contributed by atoms with Gasteiger partial charge in [-0.2, -0.15) is 0 Å². The molecule has 0 fully saturated rings. The predicted octanol–water partition coefficient (Wildman–Crippen LogP) is 3.26. The van der Waals surface area contributed by atoms with Crippen molar-refractivity contribution in [1.29, 1.82) is 0 Å². The first-order valence-corrected chi connectivity index (χ1v) is 8.98. The van der Waals surface area contributed by atoms with Gasteiger partial charge in [0.05, 0.1) is 21.3 Å². The number of nitrogens with one attached hydrogen (secondary N) is 2. The number of nitrogen functional groups attached to an aromatic ring is 1. The van der Waals surface area contributed by atoms with Crippen molar-refractivity contribution in [3.05, 3.63) is 53.6 Å². The third-order valence-electron chi connectivity index (χ3n) is 4.04. The lowest BCUT2D eigenvalue weighted by Crippen LogP contribution is -2.24. The summed E-state index contributed by atoms with van der Waals surface area (Å²) in [4.78, 5) is 24.0. The minimum absolute atomic E-state index is 0.148. The van der Waals surface area contributed by atoms with E-state index < -0.39 is 0 Å². The number of H-pyrrole nitrogens is 1. The van der Waals surface area contributed by atoms with Gasteiger partial charge < -0.3 is 16.0 Å². The Morgan fingerprint density at radius 1 is 1.19 bits per heavy atom. The number of hydrogen-bond acceptors (Lipinski definition) is 5. The minimum atomic E-state index is -0.293. The highest BCUT2D eigenvalue weighted by Gasteiger charge is 2.09. The van der Waals surface area contributed by atoms with Crippen LogP contribution in [0.25, 0.3) is 21.3 Å². The zero-order chi connectivity index (χ0) is 18.1. The van der Waals surface area contributed by atoms with Crippen molar-refractivity contribution < 1.29 is 9.18 Å². The number of carbonyl (C=O) groups excluding carboxylic acids is 1. The Bertz CT molecular complexity index is 1100. The number of fused-ring (bicyclic) bond motifs is 2. The molecule has 0 unspecified atom stereocenters. The van der Waals surface area contributed by atoms with Crippen molar-refractivity contribution in [3.63, 3.8) is 0 Å². The van der Waals surface area contributed by atoms with E-state index in [0.29, 0.717) is 29.2 Å². The maximum Gasteiger partial charge on any atom is 0.251 e. The van der Waals surface area contributed by atoms with Crippen LogP contribution >= 0.6 is 11.3 Å². The van der Waals surface area contributed by atoms with Crippen molar-refractivity contribution in [1.82, 2.24) is 20.3 Å². The number of hydrogen-bond donors (Lipinski definition) is 3. The van der Waals surface area contributed by atoms with Crippen LogP contribution in [-0.4, -0.2) is 27.4 Å². The second-order valence-electron chi connectivity index (χ2n) is 5.94. The fourth-order valence-corrected chi connectivity index (χ4v) is 3.51. The molecule has 0 saturated carbocycles. The summed E-state index contributed by atoms with van der Waals surface area (Å²) in [5.74, 6) is 0.336. The lowest BCUT2D eigenvalue weighted by Gasteiger charge is -2.04. The number of nitrogens with two attached hydrogens (primary N) is 1. The van der Waals surface area contributed by atoms with Crippen LogP contribution in [0.1, 0.15) is 22.6 Å². The summed E-state index contributed by atoms with van der Waals surface area (Å²) in [5, 5.41) is 3.38. The van der Waals surface area contributed by atoms with Crippen molar-refractivity contribution in [2.45, 2.75) is 12.8 Å². The molecule has 4 N–H and O–H groups in total. The first-order valence-electron chi connectivity index (χ1n) is 8.17. The van der Waals surface area contributed by atoms with Crippen molar-refractivity contribution in [2.75, 3.05) is 12.3 Å². The zero-order valence-corrected chi connectivity index (χ0v) is 14.6. The summed E-state index contributed by atoms with van der Waals surface area (Å²) in [6.07, 6.45) is 1.39. The van der Waals surface area contributed by atoms with Crippen LogP contribution in [0.3, 0.4) is 0 Å². The molecule has 0 radical (unpaired) electrons. The molecule has 0 spiro atoms. The largest absolute Gasteiger partial charge is 0.375 e. The predicted molar refractivity (Wildman–Crippen MR) is 101 cm³/mol. The van der Waals surface area contributed by atoms with E-state index in [0.717, 1.165) is 28.0 Å². The molecule has 26 heavy (non-hydrogen) atoms. The van der Waals surface area contributed by atoms with E-state index in [2.05, 4.69) is 20.3 Å². The monoisotopic (exact) mass is 369 g/mol. The van der Waals surface area contributed by atoms with E-state index in [-0.39, 0.29) is 11.7 Å². The van der Waals surface area contributed by atoms with Crippen LogP contribution in [0.5, 0.6) is 0 Å². The van der Waals surface area contributed by atoms with Crippen LogP contribution in [0.15, 0.2) is 36.4 Å². The number of anilines is 1. The van der Waals surface area contributed by atoms with Crippen molar-refractivity contribution >= 4 is 43.6 Å². The molecule has 0 aliphatic carbocycles. The van der Waals surface area contributed by atoms with Gasteiger partial charge in [-0.25, -0.2) is 14.4 Å². The molecule has 0 saturated heterocycles. The highest BCUT2D eigenvalue weighted by molar-refractivity contribution is 7.22. The molecular weight excluding hydrogens is 353 g/mol. The number of imidazole rings is 1. The number of benzene rings is 2. The Balaban J connectivity index is 1.33. The van der Waals surface area contributed by atoms with Gasteiger partial charge in [0.25, 0.3) is 5.91 Å². The number of carbonyl (C=O) groups is 1. The van der Waals surface area contributed by atoms with Gasteiger partial charge in [0.2, 0.25) is 0 Å². The molecule has 8 heteroatoms. The van der Waals surface area contributed by atoms with Crippen molar-refractivity contribution in [3.8, 4) is 0 Å². The number of rotatable bonds is 5. The zero-order valence-electron chi connectivity index (χ0n) is 13.8. The summed E-state index contributed by atoms with van der Waals surface area (Å²) in [6.45, 7) is 0.515. The number of nitrogens with zero attached hydrogens (tertiary/aromatic N) is 2. The Morgan fingerprint density at radius 3 is 2.96 bits per heavy atom. The van der Waals surface area contributed by atoms with Gasteiger partial charge in [0.1, 0.15) is 11.6 Å². The van der Waals surface area contributed by atoms with Gasteiger partial charge in [-0.05, 0) is 42.8 Å². The molecule has 0 aliphatic heterocycles. The third-order valence-corrected chi connectivity index (χ3v) is 4.90. The molecule has 0 aliphatic rings. The van der Waals surface area contributed by atoms with E-state index in [4.69, 9.17) is 5.73 Å². The van der Waals surface area contributed by atoms with Gasteiger partial charge in [-0.3, -0.25) is 4.79 Å². The van der Waals surface area contributed by atoms with E-state index in [1.54, 1.807) is 18.2 Å². The van der Waals surface area contributed by atoms with E-state index in [1.165, 1.54) is 23.5 Å². The van der Waals surface area contributed by atoms with Crippen LogP contribution < -0.4 is 11.1 Å². The lowest BCUT2D eigenvalue weighted by atomic mass is 10.2. The summed E-state index contributed by atoms with van der Waals surface area (Å²) in [6, 6.07) is 9.82. The number of amides is 1. The average Bonchev–Trinajstić information content (AvgIpc) is 3.18. The molecular formula is C18H16FN5OS. The van der Waals surface area contributed by atoms with Gasteiger partial charge in [0.15, 0.2) is 5.13 Å². The molecule has 6 nitrogen and oxygen atoms in total. The first-order chi connectivity index (χ1) is 12.6. The number of halogens is 1. The summed E-state index contributed by atoms with van der Waals surface area (Å²) in [5.41, 5.74) is 8.39. The molecule has 1 amide bonds.